The lowest BCUT2D eigenvalue weighted by molar-refractivity contribution is -0.117. The topological polar surface area (TPSA) is 121 Å². The molecule has 1 aromatic carbocycles. The summed E-state index contributed by atoms with van der Waals surface area (Å²) in [6.07, 6.45) is 0.374. The van der Waals surface area contributed by atoms with Crippen molar-refractivity contribution in [2.45, 2.75) is 32.4 Å². The predicted molar refractivity (Wildman–Crippen MR) is 93.3 cm³/mol. The fraction of sp³-hybridized carbons (Fsp3) is 0.438. The maximum Gasteiger partial charge on any atom is 0.315 e. The van der Waals surface area contributed by atoms with E-state index in [0.29, 0.717) is 17.7 Å². The van der Waals surface area contributed by atoms with Crippen molar-refractivity contribution in [2.24, 2.45) is 0 Å². The molecule has 1 saturated heterocycles. The minimum Gasteiger partial charge on any atom is -0.334 e. The molecule has 1 aliphatic heterocycles. The summed E-state index contributed by atoms with van der Waals surface area (Å²) < 4.78 is 22.7. The Hall–Kier alpha value is -2.42. The van der Waals surface area contributed by atoms with Gasteiger partial charge in [0.15, 0.2) is 15.6 Å². The number of nitrogens with one attached hydrogen (secondary N) is 3. The van der Waals surface area contributed by atoms with Crippen LogP contribution >= 0.6 is 0 Å². The highest BCUT2D eigenvalue weighted by Crippen LogP contribution is 2.12. The zero-order chi connectivity index (χ0) is 18.6. The molecule has 0 bridgehead atoms. The van der Waals surface area contributed by atoms with Crippen LogP contribution < -0.4 is 16.0 Å². The van der Waals surface area contributed by atoms with Crippen molar-refractivity contribution in [1.82, 2.24) is 10.6 Å². The highest BCUT2D eigenvalue weighted by atomic mass is 32.2. The summed E-state index contributed by atoms with van der Waals surface area (Å²) in [7, 11) is -3.08. The first-order valence-corrected chi connectivity index (χ1v) is 9.68. The van der Waals surface area contributed by atoms with Crippen molar-refractivity contribution < 1.29 is 22.8 Å². The van der Waals surface area contributed by atoms with Gasteiger partial charge in [0.05, 0.1) is 11.5 Å². The van der Waals surface area contributed by atoms with Crippen molar-refractivity contribution in [1.29, 1.82) is 0 Å². The maximum absolute atomic E-state index is 12.1. The number of urea groups is 1. The minimum absolute atomic E-state index is 0.0598. The van der Waals surface area contributed by atoms with Crippen molar-refractivity contribution in [3.63, 3.8) is 0 Å². The van der Waals surface area contributed by atoms with Gasteiger partial charge in [-0.25, -0.2) is 13.2 Å². The molecule has 3 amide bonds. The molecule has 2 atom stereocenters. The van der Waals surface area contributed by atoms with Gasteiger partial charge in [-0.05, 0) is 44.5 Å². The zero-order valence-corrected chi connectivity index (χ0v) is 14.9. The van der Waals surface area contributed by atoms with Gasteiger partial charge in [-0.15, -0.1) is 0 Å². The van der Waals surface area contributed by atoms with Crippen molar-refractivity contribution in [3.05, 3.63) is 29.8 Å². The molecule has 0 radical (unpaired) electrons. The van der Waals surface area contributed by atoms with E-state index in [9.17, 15) is 22.8 Å². The summed E-state index contributed by atoms with van der Waals surface area (Å²) in [5, 5.41) is 7.66. The number of anilines is 1. The van der Waals surface area contributed by atoms with E-state index in [1.54, 1.807) is 24.3 Å². The van der Waals surface area contributed by atoms with Gasteiger partial charge in [-0.2, -0.15) is 0 Å². The largest absolute Gasteiger partial charge is 0.334 e. The molecule has 9 heteroatoms. The lowest BCUT2D eigenvalue weighted by atomic mass is 10.1. The van der Waals surface area contributed by atoms with E-state index >= 15 is 0 Å². The summed E-state index contributed by atoms with van der Waals surface area (Å²) in [5.41, 5.74) is 1.04. The SMILES string of the molecule is CC(=O)c1ccc(NC(=O)[C@H](C)NC(=O)N[C@H]2CCS(=O)(=O)C2)cc1. The third kappa shape index (κ3) is 5.56. The van der Waals surface area contributed by atoms with Crippen LogP contribution in [-0.4, -0.2) is 49.7 Å². The second kappa shape index (κ2) is 7.64. The van der Waals surface area contributed by atoms with Crippen LogP contribution in [0.25, 0.3) is 0 Å². The van der Waals surface area contributed by atoms with Crippen LogP contribution in [0.1, 0.15) is 30.6 Å². The van der Waals surface area contributed by atoms with Gasteiger partial charge >= 0.3 is 6.03 Å². The van der Waals surface area contributed by atoms with Crippen molar-refractivity contribution in [3.8, 4) is 0 Å². The van der Waals surface area contributed by atoms with E-state index in [4.69, 9.17) is 0 Å². The lowest BCUT2D eigenvalue weighted by Crippen LogP contribution is -2.49. The molecule has 1 heterocycles. The molecule has 25 heavy (non-hydrogen) atoms. The van der Waals surface area contributed by atoms with Gasteiger partial charge < -0.3 is 16.0 Å². The summed E-state index contributed by atoms with van der Waals surface area (Å²) in [4.78, 5) is 35.2. The Morgan fingerprint density at radius 2 is 1.80 bits per heavy atom. The molecular formula is C16H21N3O5S. The molecular weight excluding hydrogens is 346 g/mol. The second-order valence-corrected chi connectivity index (χ2v) is 8.29. The fourth-order valence-corrected chi connectivity index (χ4v) is 4.11. The predicted octanol–water partition coefficient (Wildman–Crippen LogP) is 0.703. The molecule has 1 aromatic rings. The molecule has 1 fully saturated rings. The third-order valence-corrected chi connectivity index (χ3v) is 5.64. The minimum atomic E-state index is -3.08. The highest BCUT2D eigenvalue weighted by Gasteiger charge is 2.29. The first-order valence-electron chi connectivity index (χ1n) is 7.85. The number of carbonyl (C=O) groups excluding carboxylic acids is 3. The number of rotatable bonds is 5. The Labute approximate surface area is 146 Å². The smallest absolute Gasteiger partial charge is 0.315 e. The zero-order valence-electron chi connectivity index (χ0n) is 14.0. The molecule has 0 aliphatic carbocycles. The van der Waals surface area contributed by atoms with E-state index in [1.807, 2.05) is 0 Å². The highest BCUT2D eigenvalue weighted by molar-refractivity contribution is 7.91. The number of amides is 3. The molecule has 3 N–H and O–H groups in total. The molecule has 0 unspecified atom stereocenters. The molecule has 0 saturated carbocycles. The summed E-state index contributed by atoms with van der Waals surface area (Å²) >= 11 is 0. The van der Waals surface area contributed by atoms with Crippen molar-refractivity contribution >= 4 is 33.2 Å². The Bertz CT molecular complexity index is 773. The maximum atomic E-state index is 12.1. The average Bonchev–Trinajstić information content (AvgIpc) is 2.86. The van der Waals surface area contributed by atoms with Crippen LogP contribution in [0.3, 0.4) is 0 Å². The van der Waals surface area contributed by atoms with Gasteiger partial charge in [0, 0.05) is 17.3 Å². The van der Waals surface area contributed by atoms with Gasteiger partial charge in [0.25, 0.3) is 0 Å². The molecule has 0 spiro atoms. The number of ketones is 1. The molecule has 2 rings (SSSR count). The first-order chi connectivity index (χ1) is 11.7. The summed E-state index contributed by atoms with van der Waals surface area (Å²) in [6.45, 7) is 2.97. The van der Waals surface area contributed by atoms with Crippen LogP contribution in [0.4, 0.5) is 10.5 Å². The monoisotopic (exact) mass is 367 g/mol. The lowest BCUT2D eigenvalue weighted by Gasteiger charge is -2.17. The standard InChI is InChI=1S/C16H21N3O5S/c1-10(17-16(22)19-14-7-8-25(23,24)9-14)15(21)18-13-5-3-12(4-6-13)11(2)20/h3-6,10,14H,7-9H2,1-2H3,(H,18,21)(H2,17,19,22)/t10-,14-/m0/s1. The number of hydrogen-bond acceptors (Lipinski definition) is 5. The van der Waals surface area contributed by atoms with E-state index in [2.05, 4.69) is 16.0 Å². The van der Waals surface area contributed by atoms with E-state index in [-0.39, 0.29) is 17.3 Å². The van der Waals surface area contributed by atoms with Gasteiger partial charge in [0.1, 0.15) is 6.04 Å². The molecule has 8 nitrogen and oxygen atoms in total. The first kappa shape index (κ1) is 18.9. The van der Waals surface area contributed by atoms with Crippen LogP contribution in [0.15, 0.2) is 24.3 Å². The van der Waals surface area contributed by atoms with Crippen LogP contribution in [0, 0.1) is 0 Å². The Morgan fingerprint density at radius 3 is 2.32 bits per heavy atom. The second-order valence-electron chi connectivity index (χ2n) is 6.06. The number of hydrogen-bond donors (Lipinski definition) is 3. The normalized spacial score (nSPS) is 19.7. The summed E-state index contributed by atoms with van der Waals surface area (Å²) in [6, 6.07) is 4.57. The quantitative estimate of drug-likeness (QED) is 0.662. The fourth-order valence-electron chi connectivity index (χ4n) is 2.44. The van der Waals surface area contributed by atoms with Crippen molar-refractivity contribution in [2.75, 3.05) is 16.8 Å². The van der Waals surface area contributed by atoms with Crippen LogP contribution in [-0.2, 0) is 14.6 Å². The average molecular weight is 367 g/mol. The van der Waals surface area contributed by atoms with Gasteiger partial charge in [-0.3, -0.25) is 9.59 Å². The molecule has 1 aliphatic rings. The Balaban J connectivity index is 1.83. The Kier molecular flexibility index (Phi) is 5.78. The number of benzene rings is 1. The van der Waals surface area contributed by atoms with Crippen LogP contribution in [0.2, 0.25) is 0 Å². The number of carbonyl (C=O) groups is 3. The molecule has 0 aromatic heterocycles. The van der Waals surface area contributed by atoms with E-state index < -0.39 is 33.9 Å². The number of Topliss-reactive ketones (excluding diaryl/α,β-unsaturated/α-hetero) is 1. The third-order valence-electron chi connectivity index (χ3n) is 3.87. The summed E-state index contributed by atoms with van der Waals surface area (Å²) in [5.74, 6) is -0.517. The van der Waals surface area contributed by atoms with Gasteiger partial charge in [0.2, 0.25) is 5.91 Å². The van der Waals surface area contributed by atoms with Gasteiger partial charge in [-0.1, -0.05) is 0 Å². The Morgan fingerprint density at radius 1 is 1.16 bits per heavy atom. The van der Waals surface area contributed by atoms with E-state index in [0.717, 1.165) is 0 Å². The van der Waals surface area contributed by atoms with Crippen LogP contribution in [0.5, 0.6) is 0 Å². The number of sulfone groups is 1. The molecule has 136 valence electrons. The van der Waals surface area contributed by atoms with E-state index in [1.165, 1.54) is 13.8 Å².